The van der Waals surface area contributed by atoms with Gasteiger partial charge in [-0.2, -0.15) is 0 Å². The molecule has 4 nitrogen and oxygen atoms in total. The number of rotatable bonds is 5. The molecule has 3 N–H and O–H groups in total. The Kier molecular flexibility index (Phi) is 5.09. The average Bonchev–Trinajstić information content (AvgIpc) is 2.38. The summed E-state index contributed by atoms with van der Waals surface area (Å²) in [6.07, 6.45) is 2.30. The zero-order chi connectivity index (χ0) is 14.5. The Labute approximate surface area is 119 Å². The molecule has 1 aromatic rings. The number of nitrogen functional groups attached to an aromatic ring is 1. The van der Waals surface area contributed by atoms with E-state index < -0.39 is 0 Å². The molecule has 0 bridgehead atoms. The van der Waals surface area contributed by atoms with Crippen molar-refractivity contribution in [3.63, 3.8) is 0 Å². The highest BCUT2D eigenvalue weighted by atomic mass is 19.1. The van der Waals surface area contributed by atoms with E-state index in [0.29, 0.717) is 18.0 Å². The van der Waals surface area contributed by atoms with E-state index in [-0.39, 0.29) is 11.7 Å². The van der Waals surface area contributed by atoms with Gasteiger partial charge in [0.05, 0.1) is 6.61 Å². The van der Waals surface area contributed by atoms with E-state index in [2.05, 4.69) is 4.90 Å². The van der Waals surface area contributed by atoms with Gasteiger partial charge in [-0.05, 0) is 49.6 Å². The molecule has 0 spiro atoms. The lowest BCUT2D eigenvalue weighted by molar-refractivity contribution is 0.0411. The molecular weight excluding hydrogens is 257 g/mol. The van der Waals surface area contributed by atoms with Gasteiger partial charge in [-0.1, -0.05) is 0 Å². The molecule has 5 heteroatoms. The number of nitrogens with one attached hydrogen (secondary N) is 1. The molecular formula is C15H22FN3O. The number of halogens is 1. The van der Waals surface area contributed by atoms with E-state index in [0.717, 1.165) is 31.7 Å². The maximum absolute atomic E-state index is 13.5. The molecule has 0 aromatic heterocycles. The minimum absolute atomic E-state index is 0.103. The monoisotopic (exact) mass is 279 g/mol. The molecule has 1 aliphatic heterocycles. The summed E-state index contributed by atoms with van der Waals surface area (Å²) in [5.41, 5.74) is 6.70. The maximum Gasteiger partial charge on any atom is 0.124 e. The first kappa shape index (κ1) is 14.9. The van der Waals surface area contributed by atoms with Crippen molar-refractivity contribution in [1.29, 1.82) is 5.41 Å². The summed E-state index contributed by atoms with van der Waals surface area (Å²) in [4.78, 5) is 2.16. The lowest BCUT2D eigenvalue weighted by Crippen LogP contribution is -2.30. The highest BCUT2D eigenvalue weighted by Crippen LogP contribution is 2.16. The van der Waals surface area contributed by atoms with Crippen LogP contribution in [0.1, 0.15) is 24.0 Å². The summed E-state index contributed by atoms with van der Waals surface area (Å²) in [7, 11) is 2.02. The zero-order valence-electron chi connectivity index (χ0n) is 11.9. The van der Waals surface area contributed by atoms with Crippen LogP contribution in [0.25, 0.3) is 0 Å². The second-order valence-electron chi connectivity index (χ2n) is 5.54. The zero-order valence-corrected chi connectivity index (χ0v) is 11.9. The van der Waals surface area contributed by atoms with Gasteiger partial charge in [0.25, 0.3) is 0 Å². The fraction of sp³-hybridized carbons (Fsp3) is 0.533. The third-order valence-corrected chi connectivity index (χ3v) is 3.55. The Bertz CT molecular complexity index is 472. The van der Waals surface area contributed by atoms with E-state index in [1.54, 1.807) is 6.07 Å². The number of nitrogens with zero attached hydrogens (tertiary/aromatic N) is 1. The molecule has 1 heterocycles. The molecule has 0 saturated carbocycles. The standard InChI is InChI=1S/C15H22FN3O/c1-19(8-11-3-2-4-20-10-11)9-12-5-13(15(17)18)7-14(16)6-12/h5-7,11H,2-4,8-10H2,1H3,(H3,17,18). The van der Waals surface area contributed by atoms with Crippen LogP contribution in [0.4, 0.5) is 4.39 Å². The summed E-state index contributed by atoms with van der Waals surface area (Å²) in [5, 5.41) is 7.40. The molecule has 1 aromatic carbocycles. The van der Waals surface area contributed by atoms with Gasteiger partial charge in [-0.3, -0.25) is 5.41 Å². The van der Waals surface area contributed by atoms with E-state index in [4.69, 9.17) is 15.9 Å². The fourth-order valence-electron chi connectivity index (χ4n) is 2.67. The van der Waals surface area contributed by atoms with Gasteiger partial charge in [0.2, 0.25) is 0 Å². The summed E-state index contributed by atoms with van der Waals surface area (Å²) >= 11 is 0. The van der Waals surface area contributed by atoms with Gasteiger partial charge in [0.15, 0.2) is 0 Å². The lowest BCUT2D eigenvalue weighted by Gasteiger charge is -2.27. The van der Waals surface area contributed by atoms with Crippen molar-refractivity contribution in [2.45, 2.75) is 19.4 Å². The third-order valence-electron chi connectivity index (χ3n) is 3.55. The Morgan fingerprint density at radius 1 is 1.50 bits per heavy atom. The second kappa shape index (κ2) is 6.81. The van der Waals surface area contributed by atoms with Crippen molar-refractivity contribution >= 4 is 5.84 Å². The summed E-state index contributed by atoms with van der Waals surface area (Å²) in [6.45, 7) is 3.26. The van der Waals surface area contributed by atoms with E-state index in [9.17, 15) is 4.39 Å². The minimum atomic E-state index is -0.345. The number of hydrogen-bond donors (Lipinski definition) is 2. The van der Waals surface area contributed by atoms with Crippen LogP contribution in [0, 0.1) is 17.1 Å². The van der Waals surface area contributed by atoms with E-state index in [1.165, 1.54) is 18.6 Å². The van der Waals surface area contributed by atoms with Crippen molar-refractivity contribution < 1.29 is 9.13 Å². The molecule has 0 aliphatic carbocycles. The highest BCUT2D eigenvalue weighted by molar-refractivity contribution is 5.95. The predicted octanol–water partition coefficient (Wildman–Crippen LogP) is 1.97. The Balaban J connectivity index is 1.96. The van der Waals surface area contributed by atoms with Crippen LogP contribution in [0.2, 0.25) is 0 Å². The molecule has 1 atom stereocenters. The van der Waals surface area contributed by atoms with Crippen molar-refractivity contribution in [3.8, 4) is 0 Å². The largest absolute Gasteiger partial charge is 0.384 e. The van der Waals surface area contributed by atoms with Gasteiger partial charge in [-0.15, -0.1) is 0 Å². The molecule has 1 unspecified atom stereocenters. The number of amidine groups is 1. The van der Waals surface area contributed by atoms with E-state index in [1.807, 2.05) is 7.05 Å². The second-order valence-corrected chi connectivity index (χ2v) is 5.54. The minimum Gasteiger partial charge on any atom is -0.384 e. The number of nitrogens with two attached hydrogens (primary N) is 1. The lowest BCUT2D eigenvalue weighted by atomic mass is 10.0. The Hall–Kier alpha value is -1.46. The first-order valence-electron chi connectivity index (χ1n) is 6.95. The molecule has 2 rings (SSSR count). The molecule has 1 fully saturated rings. The van der Waals surface area contributed by atoms with Crippen LogP contribution in [0.3, 0.4) is 0 Å². The van der Waals surface area contributed by atoms with Crippen LogP contribution in [0.5, 0.6) is 0 Å². The first-order valence-corrected chi connectivity index (χ1v) is 6.95. The highest BCUT2D eigenvalue weighted by Gasteiger charge is 2.16. The third kappa shape index (κ3) is 4.28. The van der Waals surface area contributed by atoms with Gasteiger partial charge >= 0.3 is 0 Å². The Morgan fingerprint density at radius 3 is 2.95 bits per heavy atom. The van der Waals surface area contributed by atoms with E-state index >= 15 is 0 Å². The average molecular weight is 279 g/mol. The van der Waals surface area contributed by atoms with Crippen LogP contribution < -0.4 is 5.73 Å². The number of benzene rings is 1. The van der Waals surface area contributed by atoms with Crippen molar-refractivity contribution in [2.24, 2.45) is 11.7 Å². The summed E-state index contributed by atoms with van der Waals surface area (Å²) in [6, 6.07) is 4.57. The van der Waals surface area contributed by atoms with Crippen LogP contribution in [0.15, 0.2) is 18.2 Å². The number of hydrogen-bond acceptors (Lipinski definition) is 3. The molecule has 20 heavy (non-hydrogen) atoms. The fourth-order valence-corrected chi connectivity index (χ4v) is 2.67. The van der Waals surface area contributed by atoms with Crippen molar-refractivity contribution in [1.82, 2.24) is 4.90 Å². The van der Waals surface area contributed by atoms with Crippen molar-refractivity contribution in [3.05, 3.63) is 35.1 Å². The van der Waals surface area contributed by atoms with Crippen molar-refractivity contribution in [2.75, 3.05) is 26.8 Å². The predicted molar refractivity (Wildman–Crippen MR) is 77.3 cm³/mol. The number of ether oxygens (including phenoxy) is 1. The molecule has 110 valence electrons. The molecule has 1 aliphatic rings. The molecule has 0 amide bonds. The Morgan fingerprint density at radius 2 is 2.30 bits per heavy atom. The van der Waals surface area contributed by atoms with Crippen LogP contribution in [-0.4, -0.2) is 37.5 Å². The summed E-state index contributed by atoms with van der Waals surface area (Å²) < 4.78 is 19.0. The maximum atomic E-state index is 13.5. The van der Waals surface area contributed by atoms with Crippen LogP contribution in [-0.2, 0) is 11.3 Å². The first-order chi connectivity index (χ1) is 9.54. The summed E-state index contributed by atoms with van der Waals surface area (Å²) in [5.74, 6) is 0.103. The quantitative estimate of drug-likeness (QED) is 0.640. The van der Waals surface area contributed by atoms with Gasteiger partial charge in [-0.25, -0.2) is 4.39 Å². The smallest absolute Gasteiger partial charge is 0.124 e. The topological polar surface area (TPSA) is 62.3 Å². The van der Waals surface area contributed by atoms with Gasteiger partial charge in [0, 0.05) is 25.3 Å². The van der Waals surface area contributed by atoms with Crippen LogP contribution >= 0.6 is 0 Å². The molecule has 0 radical (unpaired) electrons. The normalized spacial score (nSPS) is 19.2. The molecule has 1 saturated heterocycles. The van der Waals surface area contributed by atoms with Gasteiger partial charge < -0.3 is 15.4 Å². The SMILES string of the molecule is CN(Cc1cc(F)cc(C(=N)N)c1)CC1CCCOC1. The van der Waals surface area contributed by atoms with Gasteiger partial charge in [0.1, 0.15) is 11.7 Å².